The van der Waals surface area contributed by atoms with E-state index in [9.17, 15) is 4.79 Å². The lowest BCUT2D eigenvalue weighted by atomic mass is 9.66. The summed E-state index contributed by atoms with van der Waals surface area (Å²) in [6.45, 7) is 4.57. The molecular formula is C15H21N3O3. The van der Waals surface area contributed by atoms with E-state index in [1.54, 1.807) is 0 Å². The lowest BCUT2D eigenvalue weighted by Gasteiger charge is -2.50. The van der Waals surface area contributed by atoms with Crippen molar-refractivity contribution in [2.75, 3.05) is 11.9 Å². The van der Waals surface area contributed by atoms with Gasteiger partial charge in [0, 0.05) is 24.0 Å². The number of nitrogens with one attached hydrogen (secondary N) is 1. The first-order chi connectivity index (χ1) is 9.96. The molecule has 0 amide bonds. The summed E-state index contributed by atoms with van der Waals surface area (Å²) in [5, 5.41) is 12.4. The van der Waals surface area contributed by atoms with Gasteiger partial charge in [-0.25, -0.2) is 9.97 Å². The van der Waals surface area contributed by atoms with Crippen LogP contribution in [0.1, 0.15) is 37.1 Å². The Hall–Kier alpha value is -1.69. The summed E-state index contributed by atoms with van der Waals surface area (Å²) >= 11 is 0. The number of ether oxygens (including phenoxy) is 1. The quantitative estimate of drug-likeness (QED) is 0.885. The van der Waals surface area contributed by atoms with Gasteiger partial charge < -0.3 is 15.2 Å². The zero-order valence-corrected chi connectivity index (χ0v) is 12.4. The second kappa shape index (κ2) is 5.26. The molecule has 0 radical (unpaired) electrons. The molecule has 1 aromatic rings. The molecule has 0 bridgehead atoms. The van der Waals surface area contributed by atoms with Crippen molar-refractivity contribution in [2.45, 2.75) is 51.2 Å². The summed E-state index contributed by atoms with van der Waals surface area (Å²) in [7, 11) is 0. The number of carboxylic acids is 1. The molecule has 2 N–H and O–H groups in total. The minimum absolute atomic E-state index is 0.245. The van der Waals surface area contributed by atoms with Gasteiger partial charge in [0.25, 0.3) is 0 Å². The van der Waals surface area contributed by atoms with Crippen LogP contribution in [0.15, 0.2) is 6.07 Å². The maximum atomic E-state index is 11.0. The lowest BCUT2D eigenvalue weighted by molar-refractivity contribution is -0.179. The van der Waals surface area contributed by atoms with Gasteiger partial charge in [-0.2, -0.15) is 0 Å². The highest BCUT2D eigenvalue weighted by atomic mass is 16.5. The first kappa shape index (κ1) is 14.3. The molecule has 1 aliphatic heterocycles. The predicted octanol–water partition coefficient (Wildman–Crippen LogP) is 1.92. The van der Waals surface area contributed by atoms with Crippen molar-refractivity contribution in [3.63, 3.8) is 0 Å². The molecule has 1 unspecified atom stereocenters. The van der Waals surface area contributed by atoms with Crippen molar-refractivity contribution in [3.8, 4) is 0 Å². The molecule has 1 saturated carbocycles. The molecule has 114 valence electrons. The fourth-order valence-corrected chi connectivity index (χ4v) is 3.42. The number of carboxylic acid groups (broad SMARTS) is 1. The Balaban J connectivity index is 1.63. The first-order valence-electron chi connectivity index (χ1n) is 7.41. The predicted molar refractivity (Wildman–Crippen MR) is 77.2 cm³/mol. The van der Waals surface area contributed by atoms with E-state index in [0.29, 0.717) is 25.4 Å². The van der Waals surface area contributed by atoms with Crippen molar-refractivity contribution >= 4 is 11.9 Å². The highest BCUT2D eigenvalue weighted by Gasteiger charge is 2.51. The summed E-state index contributed by atoms with van der Waals surface area (Å²) in [6.07, 6.45) is 2.96. The molecule has 6 heteroatoms. The zero-order chi connectivity index (χ0) is 15.0. The van der Waals surface area contributed by atoms with Gasteiger partial charge in [-0.15, -0.1) is 0 Å². The summed E-state index contributed by atoms with van der Waals surface area (Å²) in [4.78, 5) is 19.8. The Kier molecular flexibility index (Phi) is 3.57. The number of aromatic nitrogens is 2. The van der Waals surface area contributed by atoms with Crippen LogP contribution in [0.3, 0.4) is 0 Å². The average Bonchev–Trinajstić information content (AvgIpc) is 2.34. The van der Waals surface area contributed by atoms with Gasteiger partial charge in [-0.1, -0.05) is 0 Å². The molecule has 1 spiro atoms. The summed E-state index contributed by atoms with van der Waals surface area (Å²) in [5.41, 5.74) is 1.64. The van der Waals surface area contributed by atoms with Crippen molar-refractivity contribution in [3.05, 3.63) is 17.5 Å². The molecule has 2 fully saturated rings. The molecule has 1 saturated heterocycles. The van der Waals surface area contributed by atoms with Gasteiger partial charge in [0.15, 0.2) is 0 Å². The Morgan fingerprint density at radius 3 is 2.62 bits per heavy atom. The number of aliphatic carboxylic acids is 1. The fourth-order valence-electron chi connectivity index (χ4n) is 3.42. The maximum Gasteiger partial charge on any atom is 0.306 e. The third kappa shape index (κ3) is 3.00. The second-order valence-corrected chi connectivity index (χ2v) is 6.28. The number of aryl methyl sites for hydroxylation is 2. The van der Waals surface area contributed by atoms with Gasteiger partial charge in [0.05, 0.1) is 11.5 Å². The largest absolute Gasteiger partial charge is 0.481 e. The van der Waals surface area contributed by atoms with Crippen LogP contribution in [-0.4, -0.2) is 39.3 Å². The summed E-state index contributed by atoms with van der Waals surface area (Å²) in [6, 6.07) is 2.19. The highest BCUT2D eigenvalue weighted by Crippen LogP contribution is 2.46. The SMILES string of the molecule is Cc1cc(C)nc(NC2CCOC3(C2)CC(C(=O)O)C3)n1. The molecule has 2 heterocycles. The van der Waals surface area contributed by atoms with E-state index in [2.05, 4.69) is 15.3 Å². The fraction of sp³-hybridized carbons (Fsp3) is 0.667. The Morgan fingerprint density at radius 1 is 1.33 bits per heavy atom. The number of carbonyl (C=O) groups is 1. The van der Waals surface area contributed by atoms with E-state index in [1.807, 2.05) is 19.9 Å². The normalized spacial score (nSPS) is 31.7. The van der Waals surface area contributed by atoms with E-state index in [0.717, 1.165) is 24.2 Å². The van der Waals surface area contributed by atoms with Gasteiger partial charge in [0.1, 0.15) is 0 Å². The molecular weight excluding hydrogens is 270 g/mol. The molecule has 1 aliphatic carbocycles. The Bertz CT molecular complexity index is 535. The van der Waals surface area contributed by atoms with Crippen molar-refractivity contribution < 1.29 is 14.6 Å². The smallest absolute Gasteiger partial charge is 0.306 e. The molecule has 2 aliphatic rings. The minimum atomic E-state index is -0.711. The topological polar surface area (TPSA) is 84.3 Å². The maximum absolute atomic E-state index is 11.0. The van der Waals surface area contributed by atoms with Crippen molar-refractivity contribution in [2.24, 2.45) is 5.92 Å². The third-order valence-electron chi connectivity index (χ3n) is 4.39. The van der Waals surface area contributed by atoms with Crippen LogP contribution < -0.4 is 5.32 Å². The molecule has 21 heavy (non-hydrogen) atoms. The monoisotopic (exact) mass is 291 g/mol. The first-order valence-corrected chi connectivity index (χ1v) is 7.41. The third-order valence-corrected chi connectivity index (χ3v) is 4.39. The van der Waals surface area contributed by atoms with Gasteiger partial charge in [0.2, 0.25) is 5.95 Å². The van der Waals surface area contributed by atoms with E-state index in [4.69, 9.17) is 9.84 Å². The summed E-state index contributed by atoms with van der Waals surface area (Å²) in [5.74, 6) is -0.304. The molecule has 1 aromatic heterocycles. The van der Waals surface area contributed by atoms with Gasteiger partial charge in [-0.05, 0) is 45.6 Å². The van der Waals surface area contributed by atoms with Gasteiger partial charge >= 0.3 is 5.97 Å². The van der Waals surface area contributed by atoms with Crippen LogP contribution >= 0.6 is 0 Å². The van der Waals surface area contributed by atoms with E-state index in [1.165, 1.54) is 0 Å². The van der Waals surface area contributed by atoms with E-state index < -0.39 is 5.97 Å². The zero-order valence-electron chi connectivity index (χ0n) is 12.4. The number of rotatable bonds is 3. The van der Waals surface area contributed by atoms with Crippen molar-refractivity contribution in [1.82, 2.24) is 9.97 Å². The summed E-state index contributed by atoms with van der Waals surface area (Å²) < 4.78 is 5.85. The Morgan fingerprint density at radius 2 is 2.00 bits per heavy atom. The lowest BCUT2D eigenvalue weighted by Crippen LogP contribution is -2.54. The van der Waals surface area contributed by atoms with Crippen LogP contribution in [-0.2, 0) is 9.53 Å². The van der Waals surface area contributed by atoms with E-state index >= 15 is 0 Å². The molecule has 3 rings (SSSR count). The minimum Gasteiger partial charge on any atom is -0.481 e. The highest BCUT2D eigenvalue weighted by molar-refractivity contribution is 5.71. The molecule has 1 atom stereocenters. The standard InChI is InChI=1S/C15H21N3O3/c1-9-5-10(2)17-14(16-9)18-12-3-4-21-15(8-12)6-11(7-15)13(19)20/h5,11-12H,3-4,6-8H2,1-2H3,(H,19,20)(H,16,17,18). The van der Waals surface area contributed by atoms with Crippen LogP contribution in [0.5, 0.6) is 0 Å². The number of nitrogens with zero attached hydrogens (tertiary/aromatic N) is 2. The van der Waals surface area contributed by atoms with Crippen molar-refractivity contribution in [1.29, 1.82) is 0 Å². The molecule has 0 aromatic carbocycles. The second-order valence-electron chi connectivity index (χ2n) is 6.28. The number of hydrogen-bond acceptors (Lipinski definition) is 5. The Labute approximate surface area is 123 Å². The van der Waals surface area contributed by atoms with Crippen LogP contribution in [0.25, 0.3) is 0 Å². The average molecular weight is 291 g/mol. The van der Waals surface area contributed by atoms with Gasteiger partial charge in [-0.3, -0.25) is 4.79 Å². The van der Waals surface area contributed by atoms with Crippen LogP contribution in [0, 0.1) is 19.8 Å². The van der Waals surface area contributed by atoms with Crippen LogP contribution in [0.2, 0.25) is 0 Å². The van der Waals surface area contributed by atoms with E-state index in [-0.39, 0.29) is 17.6 Å². The number of hydrogen-bond donors (Lipinski definition) is 2. The molecule has 6 nitrogen and oxygen atoms in total. The number of anilines is 1. The van der Waals surface area contributed by atoms with Crippen LogP contribution in [0.4, 0.5) is 5.95 Å².